The van der Waals surface area contributed by atoms with Crippen molar-refractivity contribution in [3.63, 3.8) is 0 Å². The van der Waals surface area contributed by atoms with E-state index in [9.17, 15) is 9.90 Å². The molecule has 3 atom stereocenters. The predicted octanol–water partition coefficient (Wildman–Crippen LogP) is 3.94. The van der Waals surface area contributed by atoms with Crippen LogP contribution in [-0.2, 0) is 4.79 Å². The number of aliphatic hydroxyl groups is 1. The summed E-state index contributed by atoms with van der Waals surface area (Å²) in [6, 6.07) is 7.30. The van der Waals surface area contributed by atoms with Gasteiger partial charge < -0.3 is 20.7 Å². The number of likely N-dealkylation sites (tertiary alicyclic amines) is 1. The minimum absolute atomic E-state index is 0. The molecule has 1 aromatic carbocycles. The SMILES string of the molecule is Cc1ncsc1-c1ccc(-c2cnc([C@@H]3C[C@@H](O)CN3C(=O)[C@@H](N)C(C)(C)C)[nH]2)cc1.Cl. The topological polar surface area (TPSA) is 108 Å². The molecule has 0 aliphatic carbocycles. The summed E-state index contributed by atoms with van der Waals surface area (Å²) in [5.41, 5.74) is 11.8. The van der Waals surface area contributed by atoms with E-state index >= 15 is 0 Å². The van der Waals surface area contributed by atoms with E-state index in [-0.39, 0.29) is 36.3 Å². The molecule has 1 fully saturated rings. The zero-order valence-corrected chi connectivity index (χ0v) is 20.3. The van der Waals surface area contributed by atoms with Crippen LogP contribution in [0.2, 0.25) is 0 Å². The fraction of sp³-hybridized carbons (Fsp3) is 0.435. The summed E-state index contributed by atoms with van der Waals surface area (Å²) in [5, 5.41) is 10.3. The van der Waals surface area contributed by atoms with Crippen molar-refractivity contribution in [2.45, 2.75) is 52.3 Å². The number of β-amino-alcohol motifs (C(OH)–C–C–N with tert-alkyl or cyclic N) is 1. The quantitative estimate of drug-likeness (QED) is 0.529. The maximum absolute atomic E-state index is 13.0. The van der Waals surface area contributed by atoms with Crippen molar-refractivity contribution >= 4 is 29.7 Å². The number of nitrogens with zero attached hydrogens (tertiary/aromatic N) is 3. The smallest absolute Gasteiger partial charge is 0.240 e. The monoisotopic (exact) mass is 475 g/mol. The first kappa shape index (κ1) is 24.4. The van der Waals surface area contributed by atoms with E-state index in [0.717, 1.165) is 22.5 Å². The second kappa shape index (κ2) is 9.31. The molecule has 1 amide bonds. The second-order valence-electron chi connectivity index (χ2n) is 9.27. The maximum atomic E-state index is 13.0. The lowest BCUT2D eigenvalue weighted by molar-refractivity contribution is -0.136. The van der Waals surface area contributed by atoms with Gasteiger partial charge in [-0.25, -0.2) is 9.97 Å². The van der Waals surface area contributed by atoms with Gasteiger partial charge in [0.05, 0.1) is 46.2 Å². The molecular weight excluding hydrogens is 446 g/mol. The van der Waals surface area contributed by atoms with E-state index < -0.39 is 12.1 Å². The second-order valence-corrected chi connectivity index (χ2v) is 10.1. The van der Waals surface area contributed by atoms with Gasteiger partial charge in [0.2, 0.25) is 5.91 Å². The summed E-state index contributed by atoms with van der Waals surface area (Å²) in [6.45, 7) is 8.11. The maximum Gasteiger partial charge on any atom is 0.240 e. The number of aromatic amines is 1. The molecule has 172 valence electrons. The normalized spacial score (nSPS) is 19.6. The Morgan fingerprint density at radius 3 is 2.50 bits per heavy atom. The Balaban J connectivity index is 0.00000289. The molecule has 3 heterocycles. The van der Waals surface area contributed by atoms with Crippen LogP contribution in [0.3, 0.4) is 0 Å². The number of benzene rings is 1. The van der Waals surface area contributed by atoms with E-state index in [1.54, 1.807) is 22.4 Å². The Kier molecular flexibility index (Phi) is 7.09. The number of rotatable bonds is 4. The summed E-state index contributed by atoms with van der Waals surface area (Å²) < 4.78 is 0. The van der Waals surface area contributed by atoms with E-state index in [1.165, 1.54) is 4.88 Å². The van der Waals surface area contributed by atoms with Crippen molar-refractivity contribution in [2.24, 2.45) is 11.1 Å². The van der Waals surface area contributed by atoms with Gasteiger partial charge in [-0.3, -0.25) is 4.79 Å². The third-order valence-electron chi connectivity index (χ3n) is 5.88. The van der Waals surface area contributed by atoms with E-state index in [1.807, 2.05) is 45.3 Å². The lowest BCUT2D eigenvalue weighted by Gasteiger charge is -2.32. The van der Waals surface area contributed by atoms with Crippen LogP contribution in [0.25, 0.3) is 21.7 Å². The third kappa shape index (κ3) is 4.73. The lowest BCUT2D eigenvalue weighted by Crippen LogP contribution is -2.50. The molecule has 4 N–H and O–H groups in total. The van der Waals surface area contributed by atoms with Crippen molar-refractivity contribution < 1.29 is 9.90 Å². The summed E-state index contributed by atoms with van der Waals surface area (Å²) in [7, 11) is 0. The minimum atomic E-state index is -0.641. The molecule has 32 heavy (non-hydrogen) atoms. The number of halogens is 1. The van der Waals surface area contributed by atoms with Crippen molar-refractivity contribution in [3.05, 3.63) is 47.5 Å². The molecule has 1 aliphatic heterocycles. The number of aromatic nitrogens is 3. The van der Waals surface area contributed by atoms with Crippen LogP contribution in [-0.4, -0.2) is 49.6 Å². The first-order chi connectivity index (χ1) is 14.6. The van der Waals surface area contributed by atoms with Crippen LogP contribution in [0, 0.1) is 12.3 Å². The fourth-order valence-corrected chi connectivity index (χ4v) is 4.71. The highest BCUT2D eigenvalue weighted by Crippen LogP contribution is 2.34. The molecule has 0 unspecified atom stereocenters. The summed E-state index contributed by atoms with van der Waals surface area (Å²) in [5.74, 6) is 0.514. The highest BCUT2D eigenvalue weighted by atomic mass is 35.5. The standard InChI is InChI=1S/C23H29N5O2S.ClH/c1-13-19(31-12-26-13)15-7-5-14(6-8-15)17-10-25-21(27-17)18-9-16(29)11-28(18)22(30)20(24)23(2,3)4;/h5-8,10,12,16,18,20,29H,9,11,24H2,1-4H3,(H,25,27);1H/t16-,18+,20-;/m1./s1. The molecule has 2 aromatic heterocycles. The van der Waals surface area contributed by atoms with Crippen LogP contribution in [0.1, 0.15) is 44.8 Å². The van der Waals surface area contributed by atoms with Gasteiger partial charge in [-0.05, 0) is 23.5 Å². The third-order valence-corrected chi connectivity index (χ3v) is 6.85. The molecule has 0 bridgehead atoms. The molecule has 0 spiro atoms. The van der Waals surface area contributed by atoms with Gasteiger partial charge in [0.25, 0.3) is 0 Å². The van der Waals surface area contributed by atoms with Crippen molar-refractivity contribution in [3.8, 4) is 21.7 Å². The largest absolute Gasteiger partial charge is 0.391 e. The van der Waals surface area contributed by atoms with Gasteiger partial charge in [-0.2, -0.15) is 0 Å². The zero-order valence-electron chi connectivity index (χ0n) is 18.7. The molecule has 4 rings (SSSR count). The highest BCUT2D eigenvalue weighted by molar-refractivity contribution is 7.13. The molecule has 1 saturated heterocycles. The number of aryl methyl sites for hydroxylation is 1. The number of nitrogens with one attached hydrogen (secondary N) is 1. The van der Waals surface area contributed by atoms with Crippen LogP contribution < -0.4 is 5.73 Å². The van der Waals surface area contributed by atoms with Gasteiger partial charge in [-0.1, -0.05) is 45.0 Å². The number of nitrogens with two attached hydrogens (primary N) is 1. The molecule has 9 heteroatoms. The van der Waals surface area contributed by atoms with Crippen LogP contribution in [0.5, 0.6) is 0 Å². The average molecular weight is 476 g/mol. The average Bonchev–Trinajstić information content (AvgIpc) is 3.45. The Morgan fingerprint density at radius 1 is 1.25 bits per heavy atom. The van der Waals surface area contributed by atoms with Gasteiger partial charge in [0, 0.05) is 13.0 Å². The van der Waals surface area contributed by atoms with Crippen molar-refractivity contribution in [2.75, 3.05) is 6.54 Å². The molecule has 1 aliphatic rings. The number of thiazole rings is 1. The van der Waals surface area contributed by atoms with E-state index in [0.29, 0.717) is 12.2 Å². The lowest BCUT2D eigenvalue weighted by atomic mass is 9.86. The number of H-pyrrole nitrogens is 1. The molecule has 3 aromatic rings. The zero-order chi connectivity index (χ0) is 22.3. The first-order valence-corrected chi connectivity index (χ1v) is 11.3. The van der Waals surface area contributed by atoms with Gasteiger partial charge in [0.1, 0.15) is 5.82 Å². The number of amides is 1. The van der Waals surface area contributed by atoms with Crippen LogP contribution in [0.4, 0.5) is 0 Å². The van der Waals surface area contributed by atoms with Gasteiger partial charge in [-0.15, -0.1) is 23.7 Å². The van der Waals surface area contributed by atoms with Gasteiger partial charge in [0.15, 0.2) is 0 Å². The molecule has 0 radical (unpaired) electrons. The molecular formula is C23H30ClN5O2S. The Labute approximate surface area is 198 Å². The number of aliphatic hydroxyl groups excluding tert-OH is 1. The van der Waals surface area contributed by atoms with Crippen LogP contribution in [0.15, 0.2) is 36.0 Å². The number of imidazole rings is 1. The van der Waals surface area contributed by atoms with E-state index in [4.69, 9.17) is 5.73 Å². The van der Waals surface area contributed by atoms with Crippen molar-refractivity contribution in [1.82, 2.24) is 19.9 Å². The molecule has 0 saturated carbocycles. The fourth-order valence-electron chi connectivity index (χ4n) is 3.90. The number of carbonyl (C=O) groups excluding carboxylic acids is 1. The number of hydrogen-bond donors (Lipinski definition) is 3. The summed E-state index contributed by atoms with van der Waals surface area (Å²) >= 11 is 1.63. The number of carbonyl (C=O) groups is 1. The highest BCUT2D eigenvalue weighted by Gasteiger charge is 2.41. The minimum Gasteiger partial charge on any atom is -0.391 e. The van der Waals surface area contributed by atoms with Crippen molar-refractivity contribution in [1.29, 1.82) is 0 Å². The summed E-state index contributed by atoms with van der Waals surface area (Å²) in [4.78, 5) is 28.1. The molecule has 7 nitrogen and oxygen atoms in total. The predicted molar refractivity (Wildman–Crippen MR) is 130 cm³/mol. The van der Waals surface area contributed by atoms with Gasteiger partial charge >= 0.3 is 0 Å². The van der Waals surface area contributed by atoms with Crippen LogP contribution >= 0.6 is 23.7 Å². The first-order valence-electron chi connectivity index (χ1n) is 10.4. The Morgan fingerprint density at radius 2 is 1.91 bits per heavy atom. The summed E-state index contributed by atoms with van der Waals surface area (Å²) in [6.07, 6.45) is 1.63. The number of hydrogen-bond acceptors (Lipinski definition) is 6. The Hall–Kier alpha value is -2.26. The Bertz CT molecular complexity index is 1070. The van der Waals surface area contributed by atoms with E-state index in [2.05, 4.69) is 27.1 Å².